The molecule has 0 amide bonds. The topological polar surface area (TPSA) is 20.2 Å². The summed E-state index contributed by atoms with van der Waals surface area (Å²) in [6, 6.07) is 15.9. The van der Waals surface area contributed by atoms with Crippen molar-refractivity contribution < 1.29 is 5.11 Å². The number of rotatable bonds is 3. The molecule has 0 aromatic heterocycles. The Morgan fingerprint density at radius 1 is 1.00 bits per heavy atom. The first kappa shape index (κ1) is 11.2. The van der Waals surface area contributed by atoms with Crippen LogP contribution in [0.2, 0.25) is 5.02 Å². The van der Waals surface area contributed by atoms with Crippen LogP contribution >= 0.6 is 11.6 Å². The summed E-state index contributed by atoms with van der Waals surface area (Å²) in [5.74, 6) is 0. The smallest absolute Gasteiger partial charge is 0.0484 e. The summed E-state index contributed by atoms with van der Waals surface area (Å²) in [4.78, 5) is 0. The molecule has 0 atom stereocenters. The summed E-state index contributed by atoms with van der Waals surface area (Å²) in [6.45, 7) is 0.163. The van der Waals surface area contributed by atoms with Gasteiger partial charge < -0.3 is 5.11 Å². The minimum Gasteiger partial charge on any atom is -0.396 e. The molecule has 2 aromatic carbocycles. The molecule has 0 spiro atoms. The predicted octanol–water partition coefficient (Wildman–Crippen LogP) is 3.54. The number of aliphatic hydroxyl groups is 1. The Morgan fingerprint density at radius 2 is 1.75 bits per heavy atom. The summed E-state index contributed by atoms with van der Waals surface area (Å²) in [5, 5.41) is 9.66. The van der Waals surface area contributed by atoms with Gasteiger partial charge in [0.2, 0.25) is 0 Å². The number of aliphatic hydroxyl groups excluding tert-OH is 1. The fraction of sp³-hybridized carbons (Fsp3) is 0.143. The van der Waals surface area contributed by atoms with Gasteiger partial charge in [0.15, 0.2) is 0 Å². The lowest BCUT2D eigenvalue weighted by molar-refractivity contribution is 0.299. The first-order valence-electron chi connectivity index (χ1n) is 5.26. The number of benzene rings is 2. The molecular weight excluding hydrogens is 220 g/mol. The third-order valence-corrected chi connectivity index (χ3v) is 2.85. The van der Waals surface area contributed by atoms with Gasteiger partial charge in [-0.05, 0) is 29.7 Å². The molecule has 16 heavy (non-hydrogen) atoms. The summed E-state index contributed by atoms with van der Waals surface area (Å²) in [7, 11) is 0. The van der Waals surface area contributed by atoms with Crippen molar-refractivity contribution in [3.8, 4) is 11.1 Å². The van der Waals surface area contributed by atoms with Gasteiger partial charge in [0.05, 0.1) is 0 Å². The Hall–Kier alpha value is -1.31. The summed E-state index contributed by atoms with van der Waals surface area (Å²) >= 11 is 6.17. The van der Waals surface area contributed by atoms with Crippen molar-refractivity contribution in [2.75, 3.05) is 6.61 Å². The molecule has 0 unspecified atom stereocenters. The lowest BCUT2D eigenvalue weighted by atomic mass is 10.0. The molecule has 2 rings (SSSR count). The van der Waals surface area contributed by atoms with E-state index in [2.05, 4.69) is 0 Å². The minimum atomic E-state index is 0.163. The van der Waals surface area contributed by atoms with Gasteiger partial charge in [-0.15, -0.1) is 0 Å². The van der Waals surface area contributed by atoms with E-state index in [0.717, 1.165) is 21.7 Å². The van der Waals surface area contributed by atoms with Crippen molar-refractivity contribution >= 4 is 11.6 Å². The second-order valence-electron chi connectivity index (χ2n) is 3.65. The Labute approximate surface area is 100 Å². The van der Waals surface area contributed by atoms with Crippen molar-refractivity contribution in [1.29, 1.82) is 0 Å². The minimum absolute atomic E-state index is 0.163. The maximum Gasteiger partial charge on any atom is 0.0484 e. The van der Waals surface area contributed by atoms with Gasteiger partial charge in [0.1, 0.15) is 0 Å². The van der Waals surface area contributed by atoms with Crippen molar-refractivity contribution in [3.05, 3.63) is 59.1 Å². The second kappa shape index (κ2) is 5.15. The molecule has 0 saturated carbocycles. The monoisotopic (exact) mass is 232 g/mol. The molecule has 0 radical (unpaired) electrons. The molecule has 2 aromatic rings. The molecule has 0 aliphatic heterocycles. The zero-order valence-electron chi connectivity index (χ0n) is 8.86. The van der Waals surface area contributed by atoms with E-state index in [9.17, 15) is 0 Å². The zero-order valence-corrected chi connectivity index (χ0v) is 9.61. The van der Waals surface area contributed by atoms with Crippen LogP contribution < -0.4 is 0 Å². The van der Waals surface area contributed by atoms with Crippen molar-refractivity contribution in [2.24, 2.45) is 0 Å². The summed E-state index contributed by atoms with van der Waals surface area (Å²) in [5.41, 5.74) is 3.23. The van der Waals surface area contributed by atoms with Crippen molar-refractivity contribution in [2.45, 2.75) is 6.42 Å². The SMILES string of the molecule is OCCc1ccc(Cl)c(-c2ccccc2)c1. The van der Waals surface area contributed by atoms with E-state index < -0.39 is 0 Å². The zero-order chi connectivity index (χ0) is 11.4. The van der Waals surface area contributed by atoms with Gasteiger partial charge in [-0.3, -0.25) is 0 Å². The van der Waals surface area contributed by atoms with Crippen LogP contribution in [0.5, 0.6) is 0 Å². The van der Waals surface area contributed by atoms with Crippen LogP contribution in [-0.2, 0) is 6.42 Å². The van der Waals surface area contributed by atoms with Crippen LogP contribution in [0.3, 0.4) is 0 Å². The van der Waals surface area contributed by atoms with E-state index in [1.807, 2.05) is 48.5 Å². The first-order valence-corrected chi connectivity index (χ1v) is 5.64. The molecule has 1 nitrogen and oxygen atoms in total. The highest BCUT2D eigenvalue weighted by atomic mass is 35.5. The highest BCUT2D eigenvalue weighted by molar-refractivity contribution is 6.33. The Morgan fingerprint density at radius 3 is 2.44 bits per heavy atom. The molecule has 0 bridgehead atoms. The average molecular weight is 233 g/mol. The number of hydrogen-bond donors (Lipinski definition) is 1. The lowest BCUT2D eigenvalue weighted by Gasteiger charge is -2.07. The largest absolute Gasteiger partial charge is 0.396 e. The van der Waals surface area contributed by atoms with Gasteiger partial charge in [0.25, 0.3) is 0 Å². The van der Waals surface area contributed by atoms with E-state index in [0.29, 0.717) is 6.42 Å². The van der Waals surface area contributed by atoms with Gasteiger partial charge >= 0.3 is 0 Å². The summed E-state index contributed by atoms with van der Waals surface area (Å²) < 4.78 is 0. The van der Waals surface area contributed by atoms with Crippen LogP contribution in [-0.4, -0.2) is 11.7 Å². The second-order valence-corrected chi connectivity index (χ2v) is 4.06. The van der Waals surface area contributed by atoms with Crippen LogP contribution in [0.4, 0.5) is 0 Å². The molecular formula is C14H13ClO. The molecule has 2 heteroatoms. The fourth-order valence-corrected chi connectivity index (χ4v) is 1.92. The fourth-order valence-electron chi connectivity index (χ4n) is 1.70. The van der Waals surface area contributed by atoms with Crippen LogP contribution in [0.1, 0.15) is 5.56 Å². The van der Waals surface area contributed by atoms with Crippen LogP contribution in [0, 0.1) is 0 Å². The first-order chi connectivity index (χ1) is 7.81. The Bertz CT molecular complexity index is 465. The molecule has 1 N–H and O–H groups in total. The van der Waals surface area contributed by atoms with E-state index in [-0.39, 0.29) is 6.61 Å². The Kier molecular flexibility index (Phi) is 3.60. The van der Waals surface area contributed by atoms with Crippen LogP contribution in [0.25, 0.3) is 11.1 Å². The molecule has 0 fully saturated rings. The maximum absolute atomic E-state index is 8.92. The number of hydrogen-bond acceptors (Lipinski definition) is 1. The summed E-state index contributed by atoms with van der Waals surface area (Å²) in [6.07, 6.45) is 0.664. The van der Waals surface area contributed by atoms with Crippen molar-refractivity contribution in [3.63, 3.8) is 0 Å². The molecule has 82 valence electrons. The van der Waals surface area contributed by atoms with Gasteiger partial charge in [0, 0.05) is 17.2 Å². The van der Waals surface area contributed by atoms with E-state index >= 15 is 0 Å². The molecule has 0 saturated heterocycles. The average Bonchev–Trinajstić information content (AvgIpc) is 2.33. The van der Waals surface area contributed by atoms with E-state index in [1.54, 1.807) is 0 Å². The van der Waals surface area contributed by atoms with E-state index in [4.69, 9.17) is 16.7 Å². The highest BCUT2D eigenvalue weighted by Gasteiger charge is 2.04. The van der Waals surface area contributed by atoms with Gasteiger partial charge in [-0.25, -0.2) is 0 Å². The Balaban J connectivity index is 2.43. The third-order valence-electron chi connectivity index (χ3n) is 2.52. The number of halogens is 1. The predicted molar refractivity (Wildman–Crippen MR) is 67.7 cm³/mol. The highest BCUT2D eigenvalue weighted by Crippen LogP contribution is 2.28. The normalized spacial score (nSPS) is 10.4. The van der Waals surface area contributed by atoms with Gasteiger partial charge in [-0.1, -0.05) is 48.0 Å². The lowest BCUT2D eigenvalue weighted by Crippen LogP contribution is -1.91. The standard InChI is InChI=1S/C14H13ClO/c15-14-7-6-11(8-9-16)10-13(14)12-4-2-1-3-5-12/h1-7,10,16H,8-9H2. The van der Waals surface area contributed by atoms with Crippen LogP contribution in [0.15, 0.2) is 48.5 Å². The third kappa shape index (κ3) is 2.43. The molecule has 0 aliphatic rings. The van der Waals surface area contributed by atoms with Crippen molar-refractivity contribution in [1.82, 2.24) is 0 Å². The maximum atomic E-state index is 8.92. The molecule has 0 heterocycles. The van der Waals surface area contributed by atoms with E-state index in [1.165, 1.54) is 0 Å². The molecule has 0 aliphatic carbocycles. The quantitative estimate of drug-likeness (QED) is 0.858. The van der Waals surface area contributed by atoms with Gasteiger partial charge in [-0.2, -0.15) is 0 Å².